The molecule has 0 heteroatoms. The van der Waals surface area contributed by atoms with Crippen molar-refractivity contribution in [2.75, 3.05) is 0 Å². The topological polar surface area (TPSA) is 0 Å². The summed E-state index contributed by atoms with van der Waals surface area (Å²) in [6.45, 7) is 24.0. The van der Waals surface area contributed by atoms with E-state index in [1.54, 1.807) is 0 Å². The third kappa shape index (κ3) is 0. The van der Waals surface area contributed by atoms with E-state index < -0.39 is 0 Å². The van der Waals surface area contributed by atoms with Crippen LogP contribution in [0.5, 0.6) is 0 Å². The first-order valence-corrected chi connectivity index (χ1v) is 6.00. The molecule has 0 N–H and O–H groups in total. The van der Waals surface area contributed by atoms with Gasteiger partial charge in [0.05, 0.1) is 0 Å². The summed E-state index contributed by atoms with van der Waals surface area (Å²) in [5, 5.41) is 0. The van der Waals surface area contributed by atoms with Crippen molar-refractivity contribution in [2.24, 2.45) is 0 Å². The van der Waals surface area contributed by atoms with Gasteiger partial charge in [0.1, 0.15) is 0 Å². The van der Waals surface area contributed by atoms with Gasteiger partial charge < -0.3 is 0 Å². The maximum absolute atomic E-state index is 2.00. The molecule has 0 atom stereocenters. The molecule has 0 radical (unpaired) electrons. The molecular formula is C17H56. The Hall–Kier alpha value is 0. The molecule has 0 unspecified atom stereocenters. The summed E-state index contributed by atoms with van der Waals surface area (Å²) < 4.78 is 0. The van der Waals surface area contributed by atoms with Gasteiger partial charge in [0, 0.05) is 0 Å². The Labute approximate surface area is 121 Å². The smallest absolute Gasteiger partial charge is 0.0683 e. The van der Waals surface area contributed by atoms with Crippen LogP contribution in [-0.4, -0.2) is 0 Å². The Morgan fingerprint density at radius 1 is 0.176 bits per heavy atom. The number of hydrogen-bond acceptors (Lipinski definition) is 0. The number of rotatable bonds is 0. The fourth-order valence-electron chi connectivity index (χ4n) is 0. The molecule has 0 bridgehead atoms. The van der Waals surface area contributed by atoms with E-state index >= 15 is 0 Å². The van der Waals surface area contributed by atoms with Crippen LogP contribution in [-0.2, 0) is 0 Å². The van der Waals surface area contributed by atoms with Crippen molar-refractivity contribution in [2.45, 2.75) is 120 Å². The van der Waals surface area contributed by atoms with Gasteiger partial charge in [-0.2, -0.15) is 0 Å². The molecule has 17 heavy (non-hydrogen) atoms. The highest BCUT2D eigenvalue weighted by Crippen LogP contribution is 1.15. The van der Waals surface area contributed by atoms with E-state index in [4.69, 9.17) is 0 Å². The molecule has 0 rings (SSSR count). The van der Waals surface area contributed by atoms with E-state index in [-0.39, 0.29) is 37.1 Å². The Kier molecular flexibility index (Phi) is 0. The summed E-state index contributed by atoms with van der Waals surface area (Å²) in [6.07, 6.45) is 0. The lowest BCUT2D eigenvalue weighted by Gasteiger charge is -1.07. The minimum Gasteiger partial charge on any atom is -0.0776 e. The maximum Gasteiger partial charge on any atom is -0.0683 e. The third-order valence-corrected chi connectivity index (χ3v) is 0. The van der Waals surface area contributed by atoms with Crippen LogP contribution < -0.4 is 0 Å². The van der Waals surface area contributed by atoms with Crippen molar-refractivity contribution in [3.05, 3.63) is 0 Å². The average Bonchev–Trinajstić information content (AvgIpc) is 2.33. The summed E-state index contributed by atoms with van der Waals surface area (Å²) in [5.74, 6) is 0. The van der Waals surface area contributed by atoms with Gasteiger partial charge in [0.2, 0.25) is 0 Å². The molecule has 0 aliphatic carbocycles. The molecule has 0 amide bonds. The molecule has 0 aromatic rings. The lowest BCUT2D eigenvalue weighted by Crippen LogP contribution is -0.856. The van der Waals surface area contributed by atoms with Gasteiger partial charge in [-0.05, 0) is 0 Å². The van der Waals surface area contributed by atoms with Crippen LogP contribution in [0.1, 0.15) is 120 Å². The molecule has 0 aliphatic heterocycles. The summed E-state index contributed by atoms with van der Waals surface area (Å²) in [6, 6.07) is 0. The second-order valence-corrected chi connectivity index (χ2v) is 0. The maximum atomic E-state index is 2.00. The predicted molar refractivity (Wildman–Crippen MR) is 102 cm³/mol. The van der Waals surface area contributed by atoms with Crippen molar-refractivity contribution in [1.29, 1.82) is 0 Å². The first kappa shape index (κ1) is 121. The highest BCUT2D eigenvalue weighted by atomic mass is 13.0. The third-order valence-electron chi connectivity index (χ3n) is 0. The standard InChI is InChI=1S/6C2H6.5CH4/c6*1-2;;;;;/h6*1-2H3;5*1H4. The summed E-state index contributed by atoms with van der Waals surface area (Å²) in [7, 11) is 0. The first-order valence-electron chi connectivity index (χ1n) is 6.00. The van der Waals surface area contributed by atoms with Crippen molar-refractivity contribution >= 4 is 0 Å². The molecule has 0 saturated carbocycles. The molecule has 0 aliphatic rings. The minimum atomic E-state index is 0. The van der Waals surface area contributed by atoms with Crippen LogP contribution in [0.15, 0.2) is 0 Å². The zero-order valence-electron chi connectivity index (χ0n) is 12.0. The molecular weight excluding hydrogens is 204 g/mol. The fraction of sp³-hybridized carbons (Fsp3) is 1.00. The van der Waals surface area contributed by atoms with Crippen LogP contribution in [0.25, 0.3) is 0 Å². The molecule has 0 aromatic carbocycles. The molecule has 0 fully saturated rings. The van der Waals surface area contributed by atoms with Gasteiger partial charge in [-0.15, -0.1) is 0 Å². The van der Waals surface area contributed by atoms with Crippen LogP contribution in [0, 0.1) is 0 Å². The lowest BCUT2D eigenvalue weighted by atomic mass is 11.0. The zero-order chi connectivity index (χ0) is 12.0. The summed E-state index contributed by atoms with van der Waals surface area (Å²) in [5.41, 5.74) is 0. The average molecular weight is 261 g/mol. The molecule has 0 spiro atoms. The fourth-order valence-corrected chi connectivity index (χ4v) is 0. The van der Waals surface area contributed by atoms with E-state index in [9.17, 15) is 0 Å². The van der Waals surface area contributed by atoms with Gasteiger partial charge in [-0.25, -0.2) is 0 Å². The van der Waals surface area contributed by atoms with Crippen molar-refractivity contribution < 1.29 is 0 Å². The van der Waals surface area contributed by atoms with E-state index in [0.717, 1.165) is 0 Å². The van der Waals surface area contributed by atoms with Gasteiger partial charge in [-0.1, -0.05) is 120 Å². The minimum absolute atomic E-state index is 0. The quantitative estimate of drug-likeness (QED) is 0.407. The second-order valence-electron chi connectivity index (χ2n) is 0. The van der Waals surface area contributed by atoms with Gasteiger partial charge in [-0.3, -0.25) is 0 Å². The normalized spacial score (nSPS) is 2.12. The summed E-state index contributed by atoms with van der Waals surface area (Å²) >= 11 is 0. The Morgan fingerprint density at radius 3 is 0.176 bits per heavy atom. The van der Waals surface area contributed by atoms with Gasteiger partial charge >= 0.3 is 0 Å². The largest absolute Gasteiger partial charge is 0.0776 e. The van der Waals surface area contributed by atoms with Crippen molar-refractivity contribution in [3.63, 3.8) is 0 Å². The Morgan fingerprint density at radius 2 is 0.176 bits per heavy atom. The zero-order valence-corrected chi connectivity index (χ0v) is 12.0. The second kappa shape index (κ2) is 0. The van der Waals surface area contributed by atoms with Gasteiger partial charge in [0.25, 0.3) is 0 Å². The SMILES string of the molecule is C.C.C.C.C.CC.CC.CC.CC.CC.CC. The van der Waals surface area contributed by atoms with Crippen LogP contribution in [0.2, 0.25) is 0 Å². The molecule has 0 heterocycles. The first-order chi connectivity index (χ1) is 6.00. The van der Waals surface area contributed by atoms with Crippen LogP contribution in [0.4, 0.5) is 0 Å². The van der Waals surface area contributed by atoms with E-state index in [1.807, 2.05) is 83.1 Å². The lowest BCUT2D eigenvalue weighted by molar-refractivity contribution is 1.50. The monoisotopic (exact) mass is 260 g/mol. The van der Waals surface area contributed by atoms with E-state index in [1.165, 1.54) is 0 Å². The Bertz CT molecular complexity index is 0. The molecule has 0 nitrogen and oxygen atoms in total. The van der Waals surface area contributed by atoms with Crippen LogP contribution in [0.3, 0.4) is 0 Å². The number of hydrogen-bond donors (Lipinski definition) is 0. The predicted octanol–water partition coefficient (Wildman–Crippen LogP) is 9.34. The molecule has 0 aromatic heterocycles. The summed E-state index contributed by atoms with van der Waals surface area (Å²) in [4.78, 5) is 0. The molecule has 124 valence electrons. The van der Waals surface area contributed by atoms with E-state index in [0.29, 0.717) is 0 Å². The molecule has 0 saturated heterocycles. The van der Waals surface area contributed by atoms with Crippen molar-refractivity contribution in [1.82, 2.24) is 0 Å². The van der Waals surface area contributed by atoms with E-state index in [2.05, 4.69) is 0 Å². The highest BCUT2D eigenvalue weighted by molar-refractivity contribution is 3.51. The van der Waals surface area contributed by atoms with Crippen LogP contribution >= 0.6 is 0 Å². The van der Waals surface area contributed by atoms with Gasteiger partial charge in [0.15, 0.2) is 0 Å². The highest BCUT2D eigenvalue weighted by Gasteiger charge is 0.942. The van der Waals surface area contributed by atoms with Crippen molar-refractivity contribution in [3.8, 4) is 0 Å². The Balaban J connectivity index is -0.00000000267.